The Hall–Kier alpha value is -2.23. The number of nitrogens with zero attached hydrogens (tertiary/aromatic N) is 2. The second-order valence-corrected chi connectivity index (χ2v) is 4.70. The predicted molar refractivity (Wildman–Crippen MR) is 70.6 cm³/mol. The van der Waals surface area contributed by atoms with E-state index in [0.717, 1.165) is 17.7 Å². The third-order valence-electron chi connectivity index (χ3n) is 3.42. The van der Waals surface area contributed by atoms with Gasteiger partial charge in [-0.3, -0.25) is 4.79 Å². The molecule has 19 heavy (non-hydrogen) atoms. The summed E-state index contributed by atoms with van der Waals surface area (Å²) in [5.74, 6) is -1.05. The van der Waals surface area contributed by atoms with E-state index in [0.29, 0.717) is 0 Å². The van der Waals surface area contributed by atoms with Gasteiger partial charge in [0.25, 0.3) is 5.91 Å². The summed E-state index contributed by atoms with van der Waals surface area (Å²) in [6.07, 6.45) is 2.14. The van der Waals surface area contributed by atoms with Crippen LogP contribution in [0.2, 0.25) is 0 Å². The maximum absolute atomic E-state index is 13.6. The number of aromatic nitrogens is 1. The average Bonchev–Trinajstić information content (AvgIpc) is 2.74. The number of hydrogen-bond donors (Lipinski definition) is 0. The van der Waals surface area contributed by atoms with Gasteiger partial charge in [0, 0.05) is 17.9 Å². The fourth-order valence-corrected chi connectivity index (χ4v) is 2.55. The molecule has 3 nitrogen and oxygen atoms in total. The molecule has 0 saturated carbocycles. The van der Waals surface area contributed by atoms with Crippen LogP contribution in [0.5, 0.6) is 0 Å². The number of benzene rings is 1. The Kier molecular flexibility index (Phi) is 2.78. The minimum Gasteiger partial charge on any atom is -0.305 e. The van der Waals surface area contributed by atoms with Gasteiger partial charge in [0.1, 0.15) is 0 Å². The Bertz CT molecular complexity index is 642. The van der Waals surface area contributed by atoms with E-state index in [4.69, 9.17) is 0 Å². The zero-order valence-corrected chi connectivity index (χ0v) is 10.5. The topological polar surface area (TPSA) is 33.2 Å². The molecule has 0 N–H and O–H groups in total. The van der Waals surface area contributed by atoms with Crippen molar-refractivity contribution in [3.63, 3.8) is 0 Å². The van der Waals surface area contributed by atoms with E-state index in [9.17, 15) is 9.18 Å². The highest BCUT2D eigenvalue weighted by molar-refractivity contribution is 6.07. The minimum atomic E-state index is -0.718. The molecule has 2 aromatic rings. The summed E-state index contributed by atoms with van der Waals surface area (Å²) in [6, 6.07) is 10.8. The van der Waals surface area contributed by atoms with Crippen molar-refractivity contribution in [2.24, 2.45) is 0 Å². The molecule has 0 spiro atoms. The third-order valence-corrected chi connectivity index (χ3v) is 3.42. The van der Waals surface area contributed by atoms with E-state index in [-0.39, 0.29) is 17.5 Å². The lowest BCUT2D eigenvalue weighted by Gasteiger charge is -2.22. The first-order valence-electron chi connectivity index (χ1n) is 6.20. The van der Waals surface area contributed by atoms with Gasteiger partial charge in [-0.1, -0.05) is 18.2 Å². The first kappa shape index (κ1) is 11.8. The maximum Gasteiger partial charge on any atom is 0.263 e. The van der Waals surface area contributed by atoms with Gasteiger partial charge >= 0.3 is 0 Å². The number of carbonyl (C=O) groups is 1. The molecule has 0 bridgehead atoms. The summed E-state index contributed by atoms with van der Waals surface area (Å²) in [5.41, 5.74) is 2.00. The number of hydrogen-bond acceptors (Lipinski definition) is 2. The summed E-state index contributed by atoms with van der Waals surface area (Å²) >= 11 is 0. The van der Waals surface area contributed by atoms with Crippen molar-refractivity contribution in [2.45, 2.75) is 19.4 Å². The summed E-state index contributed by atoms with van der Waals surface area (Å²) in [7, 11) is 0. The highest BCUT2D eigenvalue weighted by Crippen LogP contribution is 2.33. The minimum absolute atomic E-state index is 0.0195. The Morgan fingerprint density at radius 1 is 1.32 bits per heavy atom. The number of pyridine rings is 1. The van der Waals surface area contributed by atoms with Crippen molar-refractivity contribution in [3.8, 4) is 0 Å². The number of halogens is 1. The molecular formula is C15H13FN2O. The molecule has 0 radical (unpaired) electrons. The van der Waals surface area contributed by atoms with Crippen LogP contribution >= 0.6 is 0 Å². The van der Waals surface area contributed by atoms with Crippen molar-refractivity contribution in [1.29, 1.82) is 0 Å². The molecule has 1 unspecified atom stereocenters. The predicted octanol–water partition coefficient (Wildman–Crippen LogP) is 2.81. The maximum atomic E-state index is 13.6. The van der Waals surface area contributed by atoms with Gasteiger partial charge in [0.15, 0.2) is 0 Å². The van der Waals surface area contributed by atoms with Crippen molar-refractivity contribution in [2.75, 3.05) is 4.90 Å². The van der Waals surface area contributed by atoms with E-state index in [1.807, 2.05) is 31.2 Å². The molecule has 1 atom stereocenters. The van der Waals surface area contributed by atoms with Crippen LogP contribution in [0.4, 0.5) is 10.1 Å². The van der Waals surface area contributed by atoms with E-state index < -0.39 is 5.95 Å². The fourth-order valence-electron chi connectivity index (χ4n) is 2.55. The molecule has 0 fully saturated rings. The zero-order valence-electron chi connectivity index (χ0n) is 10.5. The second kappa shape index (κ2) is 4.46. The fraction of sp³-hybridized carbons (Fsp3) is 0.200. The first-order chi connectivity index (χ1) is 9.18. The number of para-hydroxylation sites is 1. The van der Waals surface area contributed by atoms with Gasteiger partial charge < -0.3 is 4.90 Å². The van der Waals surface area contributed by atoms with Crippen LogP contribution in [-0.4, -0.2) is 16.9 Å². The molecule has 3 rings (SSSR count). The molecule has 4 heteroatoms. The highest BCUT2D eigenvalue weighted by Gasteiger charge is 2.32. The summed E-state index contributed by atoms with van der Waals surface area (Å²) in [6.45, 7) is 1.96. The SMILES string of the molecule is CC1Cc2ccccc2N1C(=O)c1cccnc1F. The molecular weight excluding hydrogens is 243 g/mol. The number of fused-ring (bicyclic) bond motifs is 1. The second-order valence-electron chi connectivity index (χ2n) is 4.70. The normalized spacial score (nSPS) is 17.4. The Morgan fingerprint density at radius 3 is 2.89 bits per heavy atom. The lowest BCUT2D eigenvalue weighted by molar-refractivity contribution is 0.0976. The van der Waals surface area contributed by atoms with Crippen LogP contribution in [0, 0.1) is 5.95 Å². The van der Waals surface area contributed by atoms with E-state index >= 15 is 0 Å². The van der Waals surface area contributed by atoms with Crippen LogP contribution in [0.25, 0.3) is 0 Å². The van der Waals surface area contributed by atoms with Gasteiger partial charge in [-0.25, -0.2) is 4.98 Å². The number of anilines is 1. The molecule has 1 aliphatic rings. The van der Waals surface area contributed by atoms with Crippen LogP contribution in [0.15, 0.2) is 42.6 Å². The van der Waals surface area contributed by atoms with E-state index in [1.165, 1.54) is 12.3 Å². The lowest BCUT2D eigenvalue weighted by atomic mass is 10.1. The Labute approximate surface area is 110 Å². The largest absolute Gasteiger partial charge is 0.305 e. The van der Waals surface area contributed by atoms with Crippen molar-refractivity contribution in [3.05, 3.63) is 59.7 Å². The first-order valence-corrected chi connectivity index (χ1v) is 6.20. The Morgan fingerprint density at radius 2 is 2.11 bits per heavy atom. The van der Waals surface area contributed by atoms with Gasteiger partial charge in [0.05, 0.1) is 5.56 Å². The Balaban J connectivity index is 2.03. The monoisotopic (exact) mass is 256 g/mol. The molecule has 2 heterocycles. The van der Waals surface area contributed by atoms with Crippen LogP contribution < -0.4 is 4.90 Å². The molecule has 0 aliphatic carbocycles. The summed E-state index contributed by atoms with van der Waals surface area (Å²) in [4.78, 5) is 17.7. The van der Waals surface area contributed by atoms with Crippen LogP contribution in [0.1, 0.15) is 22.8 Å². The number of rotatable bonds is 1. The standard InChI is InChI=1S/C15H13FN2O/c1-10-9-11-5-2-3-7-13(11)18(10)15(19)12-6-4-8-17-14(12)16/h2-8,10H,9H2,1H3. The molecule has 1 amide bonds. The van der Waals surface area contributed by atoms with Crippen molar-refractivity contribution in [1.82, 2.24) is 4.98 Å². The van der Waals surface area contributed by atoms with E-state index in [2.05, 4.69) is 4.98 Å². The molecule has 1 aliphatic heterocycles. The summed E-state index contributed by atoms with van der Waals surface area (Å²) < 4.78 is 13.6. The molecule has 1 aromatic heterocycles. The van der Waals surface area contributed by atoms with Crippen LogP contribution in [0.3, 0.4) is 0 Å². The van der Waals surface area contributed by atoms with E-state index in [1.54, 1.807) is 11.0 Å². The van der Waals surface area contributed by atoms with Gasteiger partial charge in [-0.05, 0) is 37.1 Å². The van der Waals surface area contributed by atoms with Crippen molar-refractivity contribution >= 4 is 11.6 Å². The van der Waals surface area contributed by atoms with Crippen LogP contribution in [-0.2, 0) is 6.42 Å². The zero-order chi connectivity index (χ0) is 13.4. The highest BCUT2D eigenvalue weighted by atomic mass is 19.1. The van der Waals surface area contributed by atoms with Crippen molar-refractivity contribution < 1.29 is 9.18 Å². The third kappa shape index (κ3) is 1.89. The molecule has 96 valence electrons. The number of carbonyl (C=O) groups excluding carboxylic acids is 1. The van der Waals surface area contributed by atoms with Gasteiger partial charge in [-0.15, -0.1) is 0 Å². The molecule has 0 saturated heterocycles. The smallest absolute Gasteiger partial charge is 0.263 e. The molecule has 1 aromatic carbocycles. The van der Waals surface area contributed by atoms with Gasteiger partial charge in [-0.2, -0.15) is 4.39 Å². The van der Waals surface area contributed by atoms with Gasteiger partial charge in [0.2, 0.25) is 5.95 Å². The summed E-state index contributed by atoms with van der Waals surface area (Å²) in [5, 5.41) is 0. The average molecular weight is 256 g/mol. The quantitative estimate of drug-likeness (QED) is 0.735. The number of amides is 1. The lowest BCUT2D eigenvalue weighted by Crippen LogP contribution is -2.36.